The van der Waals surface area contributed by atoms with Crippen LogP contribution in [0.1, 0.15) is 19.8 Å². The first-order valence-corrected chi connectivity index (χ1v) is 4.32. The lowest BCUT2D eigenvalue weighted by Crippen LogP contribution is -2.11. The largest absolute Gasteiger partial charge is 0.364 e. The minimum Gasteiger partial charge on any atom is -0.364 e. The molecule has 1 aliphatic rings. The van der Waals surface area contributed by atoms with Crippen molar-refractivity contribution in [2.45, 2.75) is 26.1 Å². The zero-order valence-corrected chi connectivity index (χ0v) is 7.93. The SMILES string of the molecule is CC1=C(C(O)O)C=C(Br)CC1. The van der Waals surface area contributed by atoms with Crippen LogP contribution in [-0.2, 0) is 0 Å². The molecule has 0 saturated carbocycles. The molecule has 0 aromatic carbocycles. The Morgan fingerprint density at radius 1 is 1.45 bits per heavy atom. The Kier molecular flexibility index (Phi) is 2.87. The second kappa shape index (κ2) is 3.52. The molecule has 3 heteroatoms. The Hall–Kier alpha value is -0.120. The van der Waals surface area contributed by atoms with Crippen LogP contribution in [-0.4, -0.2) is 16.5 Å². The van der Waals surface area contributed by atoms with E-state index < -0.39 is 6.29 Å². The summed E-state index contributed by atoms with van der Waals surface area (Å²) in [5, 5.41) is 17.8. The van der Waals surface area contributed by atoms with Gasteiger partial charge >= 0.3 is 0 Å². The maximum Gasteiger partial charge on any atom is 0.178 e. The topological polar surface area (TPSA) is 40.5 Å². The molecular formula is C8H11BrO2. The number of halogens is 1. The first-order chi connectivity index (χ1) is 5.11. The Bertz CT molecular complexity index is 216. The summed E-state index contributed by atoms with van der Waals surface area (Å²) in [6, 6.07) is 0. The number of aliphatic hydroxyl groups excluding tert-OH is 1. The van der Waals surface area contributed by atoms with Gasteiger partial charge < -0.3 is 10.2 Å². The van der Waals surface area contributed by atoms with E-state index in [1.54, 1.807) is 6.08 Å². The van der Waals surface area contributed by atoms with E-state index in [0.717, 1.165) is 22.9 Å². The van der Waals surface area contributed by atoms with Crippen LogP contribution in [0.3, 0.4) is 0 Å². The van der Waals surface area contributed by atoms with Gasteiger partial charge in [-0.15, -0.1) is 0 Å². The van der Waals surface area contributed by atoms with Crippen molar-refractivity contribution in [2.24, 2.45) is 0 Å². The van der Waals surface area contributed by atoms with E-state index in [4.69, 9.17) is 10.2 Å². The first kappa shape index (κ1) is 8.97. The monoisotopic (exact) mass is 218 g/mol. The molecule has 1 aliphatic carbocycles. The average molecular weight is 219 g/mol. The molecule has 0 bridgehead atoms. The zero-order valence-electron chi connectivity index (χ0n) is 6.34. The molecule has 62 valence electrons. The van der Waals surface area contributed by atoms with Gasteiger partial charge in [0.25, 0.3) is 0 Å². The van der Waals surface area contributed by atoms with Gasteiger partial charge in [-0.1, -0.05) is 21.5 Å². The molecule has 0 aromatic rings. The summed E-state index contributed by atoms with van der Waals surface area (Å²) in [6.07, 6.45) is 2.32. The maximum atomic E-state index is 8.90. The van der Waals surface area contributed by atoms with Crippen molar-refractivity contribution < 1.29 is 10.2 Å². The average Bonchev–Trinajstić information content (AvgIpc) is 1.94. The molecule has 1 rings (SSSR count). The Morgan fingerprint density at radius 2 is 2.09 bits per heavy atom. The van der Waals surface area contributed by atoms with Gasteiger partial charge in [0.2, 0.25) is 0 Å². The van der Waals surface area contributed by atoms with Crippen LogP contribution < -0.4 is 0 Å². The van der Waals surface area contributed by atoms with Gasteiger partial charge in [0.15, 0.2) is 6.29 Å². The zero-order chi connectivity index (χ0) is 8.43. The van der Waals surface area contributed by atoms with Crippen molar-refractivity contribution >= 4 is 15.9 Å². The predicted molar refractivity (Wildman–Crippen MR) is 47.2 cm³/mol. The van der Waals surface area contributed by atoms with E-state index in [-0.39, 0.29) is 0 Å². The summed E-state index contributed by atoms with van der Waals surface area (Å²) in [4.78, 5) is 0. The summed E-state index contributed by atoms with van der Waals surface area (Å²) in [5.41, 5.74) is 1.69. The van der Waals surface area contributed by atoms with Crippen LogP contribution >= 0.6 is 15.9 Å². The Morgan fingerprint density at radius 3 is 2.55 bits per heavy atom. The molecule has 0 radical (unpaired) electrons. The third-order valence-corrected chi connectivity index (χ3v) is 2.45. The molecule has 0 saturated heterocycles. The molecule has 11 heavy (non-hydrogen) atoms. The molecule has 0 aliphatic heterocycles. The van der Waals surface area contributed by atoms with Gasteiger partial charge in [0.1, 0.15) is 0 Å². The fourth-order valence-electron chi connectivity index (χ4n) is 1.11. The van der Waals surface area contributed by atoms with Gasteiger partial charge in [0.05, 0.1) is 0 Å². The highest BCUT2D eigenvalue weighted by molar-refractivity contribution is 9.11. The third kappa shape index (κ3) is 2.15. The highest BCUT2D eigenvalue weighted by atomic mass is 79.9. The quantitative estimate of drug-likeness (QED) is 0.658. The lowest BCUT2D eigenvalue weighted by molar-refractivity contribution is -0.00594. The molecule has 0 spiro atoms. The van der Waals surface area contributed by atoms with Crippen LogP contribution in [0.5, 0.6) is 0 Å². The second-order valence-corrected chi connectivity index (χ2v) is 3.72. The molecule has 0 aromatic heterocycles. The highest BCUT2D eigenvalue weighted by Crippen LogP contribution is 2.27. The van der Waals surface area contributed by atoms with Crippen molar-refractivity contribution in [2.75, 3.05) is 0 Å². The minimum atomic E-state index is -1.33. The second-order valence-electron chi connectivity index (χ2n) is 2.70. The third-order valence-electron chi connectivity index (χ3n) is 1.82. The molecule has 2 N–H and O–H groups in total. The fourth-order valence-corrected chi connectivity index (χ4v) is 1.56. The van der Waals surface area contributed by atoms with Crippen molar-refractivity contribution in [3.05, 3.63) is 21.7 Å². The summed E-state index contributed by atoms with van der Waals surface area (Å²) in [6.45, 7) is 1.92. The van der Waals surface area contributed by atoms with Crippen molar-refractivity contribution in [3.63, 3.8) is 0 Å². The molecular weight excluding hydrogens is 208 g/mol. The first-order valence-electron chi connectivity index (χ1n) is 3.53. The van der Waals surface area contributed by atoms with E-state index in [1.807, 2.05) is 6.92 Å². The van der Waals surface area contributed by atoms with Crippen LogP contribution in [0.4, 0.5) is 0 Å². The van der Waals surface area contributed by atoms with Crippen LogP contribution in [0.15, 0.2) is 21.7 Å². The molecule has 0 atom stereocenters. The van der Waals surface area contributed by atoms with Crippen LogP contribution in [0.25, 0.3) is 0 Å². The lowest BCUT2D eigenvalue weighted by Gasteiger charge is -2.15. The van der Waals surface area contributed by atoms with Gasteiger partial charge in [-0.25, -0.2) is 0 Å². The number of rotatable bonds is 1. The summed E-state index contributed by atoms with van der Waals surface area (Å²) < 4.78 is 1.03. The van der Waals surface area contributed by atoms with Crippen molar-refractivity contribution in [1.29, 1.82) is 0 Å². The summed E-state index contributed by atoms with van der Waals surface area (Å²) in [7, 11) is 0. The Balaban J connectivity index is 2.89. The summed E-state index contributed by atoms with van der Waals surface area (Å²) >= 11 is 3.33. The number of hydrogen-bond acceptors (Lipinski definition) is 2. The summed E-state index contributed by atoms with van der Waals surface area (Å²) in [5.74, 6) is 0. The van der Waals surface area contributed by atoms with Gasteiger partial charge in [0, 0.05) is 5.57 Å². The van der Waals surface area contributed by atoms with E-state index in [2.05, 4.69) is 15.9 Å². The van der Waals surface area contributed by atoms with Gasteiger partial charge in [-0.2, -0.15) is 0 Å². The van der Waals surface area contributed by atoms with Gasteiger partial charge in [-0.05, 0) is 30.3 Å². The van der Waals surface area contributed by atoms with E-state index in [0.29, 0.717) is 5.57 Å². The van der Waals surface area contributed by atoms with Crippen LogP contribution in [0.2, 0.25) is 0 Å². The minimum absolute atomic E-state index is 0.628. The lowest BCUT2D eigenvalue weighted by atomic mass is 9.99. The number of aliphatic hydroxyl groups is 2. The van der Waals surface area contributed by atoms with E-state index in [1.165, 1.54) is 0 Å². The highest BCUT2D eigenvalue weighted by Gasteiger charge is 2.13. The molecule has 0 heterocycles. The van der Waals surface area contributed by atoms with Gasteiger partial charge in [-0.3, -0.25) is 0 Å². The standard InChI is InChI=1S/C8H11BrO2/c1-5-2-3-6(9)4-7(5)8(10)11/h4,8,10-11H,2-3H2,1H3. The molecule has 2 nitrogen and oxygen atoms in total. The van der Waals surface area contributed by atoms with Crippen molar-refractivity contribution in [3.8, 4) is 0 Å². The number of hydrogen-bond donors (Lipinski definition) is 2. The Labute approximate surface area is 74.4 Å². The smallest absolute Gasteiger partial charge is 0.178 e. The van der Waals surface area contributed by atoms with E-state index >= 15 is 0 Å². The van der Waals surface area contributed by atoms with Crippen molar-refractivity contribution in [1.82, 2.24) is 0 Å². The molecule has 0 fully saturated rings. The predicted octanol–water partition coefficient (Wildman–Crippen LogP) is 1.69. The fraction of sp³-hybridized carbons (Fsp3) is 0.500. The van der Waals surface area contributed by atoms with Crippen LogP contribution in [0, 0.1) is 0 Å². The number of allylic oxidation sites excluding steroid dienone is 2. The maximum absolute atomic E-state index is 8.90. The normalized spacial score (nSPS) is 19.2. The molecule has 0 amide bonds. The van der Waals surface area contributed by atoms with E-state index in [9.17, 15) is 0 Å². The molecule has 0 unspecified atom stereocenters.